The first kappa shape index (κ1) is 22.8. The highest BCUT2D eigenvalue weighted by Gasteiger charge is 2.28. The van der Waals surface area contributed by atoms with Crippen LogP contribution in [0.1, 0.15) is 38.0 Å². The fraction of sp³-hybridized carbons (Fsp3) is 0.478. The van der Waals surface area contributed by atoms with Crippen molar-refractivity contribution in [2.24, 2.45) is 0 Å². The van der Waals surface area contributed by atoms with Crippen molar-refractivity contribution in [3.8, 4) is 0 Å². The molecule has 1 aliphatic heterocycles. The molecule has 2 amide bonds. The van der Waals surface area contributed by atoms with Crippen LogP contribution in [0.15, 0.2) is 47.1 Å². The predicted molar refractivity (Wildman–Crippen MR) is 117 cm³/mol. The molecule has 1 unspecified atom stereocenters. The van der Waals surface area contributed by atoms with Crippen molar-refractivity contribution in [1.29, 1.82) is 0 Å². The number of unbranched alkanes of at least 4 members (excludes halogenated alkanes) is 2. The van der Waals surface area contributed by atoms with E-state index in [9.17, 15) is 14.0 Å². The third-order valence-corrected chi connectivity index (χ3v) is 5.55. The molecule has 8 heteroatoms. The molecule has 0 bridgehead atoms. The van der Waals surface area contributed by atoms with Crippen LogP contribution in [-0.2, 0) is 9.59 Å². The lowest BCUT2D eigenvalue weighted by Gasteiger charge is -2.39. The molecule has 1 atom stereocenters. The van der Waals surface area contributed by atoms with E-state index in [-0.39, 0.29) is 18.4 Å². The van der Waals surface area contributed by atoms with Crippen molar-refractivity contribution in [2.45, 2.75) is 32.2 Å². The fourth-order valence-electron chi connectivity index (χ4n) is 3.76. The van der Waals surface area contributed by atoms with Crippen LogP contribution in [0.5, 0.6) is 0 Å². The molecule has 0 spiro atoms. The Balaban J connectivity index is 1.54. The largest absolute Gasteiger partial charge is 0.468 e. The molecule has 1 aliphatic rings. The first-order chi connectivity index (χ1) is 15.1. The van der Waals surface area contributed by atoms with Crippen molar-refractivity contribution in [2.75, 3.05) is 44.2 Å². The molecule has 7 nitrogen and oxygen atoms in total. The number of hydrogen-bond acceptors (Lipinski definition) is 5. The van der Waals surface area contributed by atoms with Crippen molar-refractivity contribution in [3.63, 3.8) is 0 Å². The molecule has 0 radical (unpaired) electrons. The Morgan fingerprint density at radius 1 is 1.03 bits per heavy atom. The second kappa shape index (κ2) is 11.5. The van der Waals surface area contributed by atoms with Gasteiger partial charge in [0.05, 0.1) is 12.3 Å². The number of hydrogen-bond donors (Lipinski definition) is 2. The summed E-state index contributed by atoms with van der Waals surface area (Å²) in [6, 6.07) is 10.0. The summed E-state index contributed by atoms with van der Waals surface area (Å²) in [6.45, 7) is 5.92. The number of nitrogens with zero attached hydrogens (tertiary/aromatic N) is 2. The lowest BCUT2D eigenvalue weighted by molar-refractivity contribution is -0.139. The average molecular weight is 431 g/mol. The summed E-state index contributed by atoms with van der Waals surface area (Å²) in [4.78, 5) is 28.7. The van der Waals surface area contributed by atoms with E-state index in [4.69, 9.17) is 4.42 Å². The minimum absolute atomic E-state index is 0.165. The minimum Gasteiger partial charge on any atom is -0.468 e. The van der Waals surface area contributed by atoms with E-state index in [1.165, 1.54) is 12.1 Å². The summed E-state index contributed by atoms with van der Waals surface area (Å²) in [5, 5.41) is 5.41. The van der Waals surface area contributed by atoms with Crippen LogP contribution in [0.3, 0.4) is 0 Å². The maximum Gasteiger partial charge on any atom is 0.309 e. The van der Waals surface area contributed by atoms with Gasteiger partial charge in [0.1, 0.15) is 11.6 Å². The number of amides is 2. The molecule has 1 saturated heterocycles. The van der Waals surface area contributed by atoms with Gasteiger partial charge in [0.15, 0.2) is 0 Å². The third-order valence-electron chi connectivity index (χ3n) is 5.55. The van der Waals surface area contributed by atoms with E-state index in [0.717, 1.165) is 56.9 Å². The Morgan fingerprint density at radius 3 is 2.39 bits per heavy atom. The van der Waals surface area contributed by atoms with Gasteiger partial charge >= 0.3 is 11.8 Å². The monoisotopic (exact) mass is 430 g/mol. The molecule has 0 aliphatic carbocycles. The van der Waals surface area contributed by atoms with Crippen LogP contribution >= 0.6 is 0 Å². The predicted octanol–water partition coefficient (Wildman–Crippen LogP) is 2.70. The molecule has 1 aromatic carbocycles. The summed E-state index contributed by atoms with van der Waals surface area (Å²) >= 11 is 0. The molecule has 31 heavy (non-hydrogen) atoms. The summed E-state index contributed by atoms with van der Waals surface area (Å²) < 4.78 is 18.8. The van der Waals surface area contributed by atoms with Gasteiger partial charge in [0, 0.05) is 45.0 Å². The van der Waals surface area contributed by atoms with Gasteiger partial charge in [-0.25, -0.2) is 4.39 Å². The van der Waals surface area contributed by atoms with E-state index in [0.29, 0.717) is 6.54 Å². The van der Waals surface area contributed by atoms with E-state index < -0.39 is 11.8 Å². The number of rotatable bonds is 9. The maximum absolute atomic E-state index is 13.2. The van der Waals surface area contributed by atoms with Gasteiger partial charge in [-0.05, 0) is 42.8 Å². The molecular formula is C23H31FN4O3. The zero-order chi connectivity index (χ0) is 22.1. The van der Waals surface area contributed by atoms with Crippen LogP contribution in [0.2, 0.25) is 0 Å². The van der Waals surface area contributed by atoms with Crippen LogP contribution in [-0.4, -0.2) is 56.0 Å². The number of nitrogens with one attached hydrogen (secondary N) is 2. The van der Waals surface area contributed by atoms with E-state index in [1.54, 1.807) is 18.4 Å². The van der Waals surface area contributed by atoms with Crippen LogP contribution < -0.4 is 15.5 Å². The Labute approximate surface area is 182 Å². The van der Waals surface area contributed by atoms with E-state index >= 15 is 0 Å². The molecule has 2 heterocycles. The highest BCUT2D eigenvalue weighted by Crippen LogP contribution is 2.24. The van der Waals surface area contributed by atoms with Gasteiger partial charge in [-0.2, -0.15) is 0 Å². The number of furan rings is 1. The van der Waals surface area contributed by atoms with Gasteiger partial charge in [-0.15, -0.1) is 0 Å². The number of anilines is 1. The Hall–Kier alpha value is -2.87. The van der Waals surface area contributed by atoms with E-state index in [1.807, 2.05) is 12.1 Å². The van der Waals surface area contributed by atoms with Crippen LogP contribution in [0.4, 0.5) is 10.1 Å². The normalized spacial score (nSPS) is 15.5. The first-order valence-electron chi connectivity index (χ1n) is 10.9. The molecule has 168 valence electrons. The van der Waals surface area contributed by atoms with Crippen LogP contribution in [0.25, 0.3) is 0 Å². The van der Waals surface area contributed by atoms with Crippen molar-refractivity contribution < 1.29 is 18.4 Å². The van der Waals surface area contributed by atoms with Gasteiger partial charge in [-0.3, -0.25) is 14.5 Å². The summed E-state index contributed by atoms with van der Waals surface area (Å²) in [7, 11) is 0. The molecule has 1 fully saturated rings. The minimum atomic E-state index is -0.627. The quantitative estimate of drug-likeness (QED) is 0.473. The number of piperazine rings is 1. The Morgan fingerprint density at radius 2 is 1.74 bits per heavy atom. The molecular weight excluding hydrogens is 399 g/mol. The highest BCUT2D eigenvalue weighted by atomic mass is 19.1. The summed E-state index contributed by atoms with van der Waals surface area (Å²) in [6.07, 6.45) is 4.55. The zero-order valence-corrected chi connectivity index (χ0v) is 18.0. The molecule has 0 saturated carbocycles. The Kier molecular flexibility index (Phi) is 8.46. The van der Waals surface area contributed by atoms with Gasteiger partial charge in [0.25, 0.3) is 0 Å². The number of carbonyl (C=O) groups excluding carboxylic acids is 2. The second-order valence-electron chi connectivity index (χ2n) is 7.70. The summed E-state index contributed by atoms with van der Waals surface area (Å²) in [5.74, 6) is -0.724. The number of carbonyl (C=O) groups is 2. The third kappa shape index (κ3) is 6.55. The SMILES string of the molecule is CCCCCNC(=O)C(=O)NCC(c1ccco1)N1CCN(c2ccc(F)cc2)CC1. The standard InChI is InChI=1S/C23H31FN4O3/c1-2-3-4-11-25-22(29)23(30)26-17-20(21-6-5-16-31-21)28-14-12-27(13-15-28)19-9-7-18(24)8-10-19/h5-10,16,20H,2-4,11-15,17H2,1H3,(H,25,29)(H,26,30). The number of benzene rings is 1. The topological polar surface area (TPSA) is 77.8 Å². The van der Waals surface area contributed by atoms with Gasteiger partial charge in [0.2, 0.25) is 0 Å². The maximum atomic E-state index is 13.2. The highest BCUT2D eigenvalue weighted by molar-refractivity contribution is 6.35. The van der Waals surface area contributed by atoms with Gasteiger partial charge < -0.3 is 20.0 Å². The molecule has 2 aromatic rings. The lowest BCUT2D eigenvalue weighted by atomic mass is 10.1. The van der Waals surface area contributed by atoms with Crippen molar-refractivity contribution in [1.82, 2.24) is 15.5 Å². The molecule has 3 rings (SSSR count). The number of halogens is 1. The van der Waals surface area contributed by atoms with Crippen LogP contribution in [0, 0.1) is 5.82 Å². The fourth-order valence-corrected chi connectivity index (χ4v) is 3.76. The van der Waals surface area contributed by atoms with E-state index in [2.05, 4.69) is 27.4 Å². The lowest BCUT2D eigenvalue weighted by Crippen LogP contribution is -2.50. The van der Waals surface area contributed by atoms with Crippen molar-refractivity contribution >= 4 is 17.5 Å². The molecule has 2 N–H and O–H groups in total. The zero-order valence-electron chi connectivity index (χ0n) is 18.0. The first-order valence-corrected chi connectivity index (χ1v) is 10.9. The molecule has 1 aromatic heterocycles. The Bertz CT molecular complexity index is 818. The average Bonchev–Trinajstić information content (AvgIpc) is 3.32. The smallest absolute Gasteiger partial charge is 0.309 e. The van der Waals surface area contributed by atoms with Crippen molar-refractivity contribution in [3.05, 3.63) is 54.2 Å². The second-order valence-corrected chi connectivity index (χ2v) is 7.70. The summed E-state index contributed by atoms with van der Waals surface area (Å²) in [5.41, 5.74) is 0.989. The van der Waals surface area contributed by atoms with Gasteiger partial charge in [-0.1, -0.05) is 19.8 Å².